The molecule has 0 unspecified atom stereocenters. The lowest BCUT2D eigenvalue weighted by molar-refractivity contribution is 0.217. The molecule has 1 fully saturated rings. The number of piperidine rings is 1. The van der Waals surface area contributed by atoms with Crippen LogP contribution in [0.15, 0.2) is 0 Å². The van der Waals surface area contributed by atoms with Crippen molar-refractivity contribution in [3.05, 3.63) is 0 Å². The first kappa shape index (κ1) is 8.54. The highest BCUT2D eigenvalue weighted by atomic mass is 79.9. The summed E-state index contributed by atoms with van der Waals surface area (Å²) >= 11 is 3.49. The monoisotopic (exact) mass is 205 g/mol. The van der Waals surface area contributed by atoms with Crippen LogP contribution in [0.1, 0.15) is 19.3 Å². The van der Waals surface area contributed by atoms with Gasteiger partial charge >= 0.3 is 0 Å². The summed E-state index contributed by atoms with van der Waals surface area (Å²) in [6.45, 7) is 2.61. The van der Waals surface area contributed by atoms with Crippen LogP contribution in [0.3, 0.4) is 0 Å². The summed E-state index contributed by atoms with van der Waals surface area (Å²) in [5, 5.41) is 1.18. The predicted molar refractivity (Wildman–Crippen MR) is 48.6 cm³/mol. The van der Waals surface area contributed by atoms with Gasteiger partial charge in [0, 0.05) is 5.33 Å². The molecule has 0 spiro atoms. The highest BCUT2D eigenvalue weighted by Gasteiger charge is 2.14. The van der Waals surface area contributed by atoms with Gasteiger partial charge in [0.2, 0.25) is 0 Å². The van der Waals surface area contributed by atoms with Crippen molar-refractivity contribution in [3.63, 3.8) is 0 Å². The Morgan fingerprint density at radius 3 is 2.50 bits per heavy atom. The molecule has 2 heteroatoms. The molecule has 1 aliphatic rings. The molecule has 0 aromatic carbocycles. The third-order valence-corrected chi connectivity index (χ3v) is 2.81. The molecule has 60 valence electrons. The van der Waals surface area contributed by atoms with Gasteiger partial charge in [-0.1, -0.05) is 15.9 Å². The van der Waals surface area contributed by atoms with Crippen molar-refractivity contribution in [2.75, 3.05) is 25.5 Å². The third-order valence-electron chi connectivity index (χ3n) is 2.36. The van der Waals surface area contributed by atoms with Crippen LogP contribution < -0.4 is 0 Å². The van der Waals surface area contributed by atoms with Gasteiger partial charge in [-0.3, -0.25) is 0 Å². The van der Waals surface area contributed by atoms with E-state index in [0.29, 0.717) is 0 Å². The van der Waals surface area contributed by atoms with Gasteiger partial charge in [-0.25, -0.2) is 0 Å². The molecule has 0 atom stereocenters. The summed E-state index contributed by atoms with van der Waals surface area (Å²) in [5.74, 6) is 0.996. The van der Waals surface area contributed by atoms with Gasteiger partial charge in [0.15, 0.2) is 0 Å². The van der Waals surface area contributed by atoms with E-state index in [1.54, 1.807) is 0 Å². The molecular weight excluding hydrogens is 190 g/mol. The van der Waals surface area contributed by atoms with Crippen molar-refractivity contribution < 1.29 is 0 Å². The van der Waals surface area contributed by atoms with Crippen LogP contribution in [0.4, 0.5) is 0 Å². The lowest BCUT2D eigenvalue weighted by Gasteiger charge is -2.28. The predicted octanol–water partition coefficient (Wildman–Crippen LogP) is 2.11. The zero-order valence-corrected chi connectivity index (χ0v) is 8.23. The Morgan fingerprint density at radius 2 is 2.00 bits per heavy atom. The fraction of sp³-hybridized carbons (Fsp3) is 1.00. The van der Waals surface area contributed by atoms with Crippen LogP contribution in [0, 0.1) is 5.92 Å². The fourth-order valence-corrected chi connectivity index (χ4v) is 2.15. The smallest absolute Gasteiger partial charge is 0.00339 e. The van der Waals surface area contributed by atoms with Gasteiger partial charge in [0.1, 0.15) is 0 Å². The molecule has 1 aliphatic heterocycles. The van der Waals surface area contributed by atoms with E-state index in [9.17, 15) is 0 Å². The summed E-state index contributed by atoms with van der Waals surface area (Å²) in [4.78, 5) is 2.42. The number of hydrogen-bond donors (Lipinski definition) is 0. The van der Waals surface area contributed by atoms with Crippen molar-refractivity contribution in [3.8, 4) is 0 Å². The highest BCUT2D eigenvalue weighted by Crippen LogP contribution is 2.19. The third kappa shape index (κ3) is 2.59. The summed E-state index contributed by atoms with van der Waals surface area (Å²) in [5.41, 5.74) is 0. The fourth-order valence-electron chi connectivity index (χ4n) is 1.51. The average Bonchev–Trinajstić information content (AvgIpc) is 1.95. The maximum Gasteiger partial charge on any atom is 0.00339 e. The first-order valence-electron chi connectivity index (χ1n) is 4.07. The second-order valence-corrected chi connectivity index (χ2v) is 4.02. The van der Waals surface area contributed by atoms with E-state index >= 15 is 0 Å². The number of rotatable bonds is 2. The minimum atomic E-state index is 0.996. The Kier molecular flexibility index (Phi) is 3.71. The molecule has 0 N–H and O–H groups in total. The molecule has 0 radical (unpaired) electrons. The molecule has 0 aromatic rings. The number of halogens is 1. The average molecular weight is 206 g/mol. The molecule has 10 heavy (non-hydrogen) atoms. The Bertz CT molecular complexity index is 87.3. The summed E-state index contributed by atoms with van der Waals surface area (Å²) in [6, 6.07) is 0. The van der Waals surface area contributed by atoms with Gasteiger partial charge < -0.3 is 4.90 Å². The summed E-state index contributed by atoms with van der Waals surface area (Å²) < 4.78 is 0. The Hall–Kier alpha value is 0.440. The van der Waals surface area contributed by atoms with Crippen molar-refractivity contribution in [1.82, 2.24) is 4.90 Å². The van der Waals surface area contributed by atoms with E-state index in [0.717, 1.165) is 5.92 Å². The second kappa shape index (κ2) is 4.35. The quantitative estimate of drug-likeness (QED) is 0.625. The SMILES string of the molecule is CN1CCC(CCBr)CC1. The van der Waals surface area contributed by atoms with Crippen LogP contribution in [-0.2, 0) is 0 Å². The standard InChI is InChI=1S/C8H16BrN/c1-10-6-3-8(2-5-9)4-7-10/h8H,2-7H2,1H3. The lowest BCUT2D eigenvalue weighted by Crippen LogP contribution is -2.30. The Balaban J connectivity index is 2.13. The maximum atomic E-state index is 3.49. The summed E-state index contributed by atoms with van der Waals surface area (Å²) in [7, 11) is 2.21. The van der Waals surface area contributed by atoms with Crippen LogP contribution in [0.5, 0.6) is 0 Å². The Labute approximate surface area is 71.9 Å². The van der Waals surface area contributed by atoms with Crippen molar-refractivity contribution >= 4 is 15.9 Å². The van der Waals surface area contributed by atoms with E-state index < -0.39 is 0 Å². The highest BCUT2D eigenvalue weighted by molar-refractivity contribution is 9.09. The first-order valence-corrected chi connectivity index (χ1v) is 5.19. The number of hydrogen-bond acceptors (Lipinski definition) is 1. The Morgan fingerprint density at radius 1 is 1.40 bits per heavy atom. The maximum absolute atomic E-state index is 3.49. The second-order valence-electron chi connectivity index (χ2n) is 3.22. The lowest BCUT2D eigenvalue weighted by atomic mass is 9.95. The van der Waals surface area contributed by atoms with Crippen molar-refractivity contribution in [1.29, 1.82) is 0 Å². The van der Waals surface area contributed by atoms with E-state index in [4.69, 9.17) is 0 Å². The van der Waals surface area contributed by atoms with E-state index in [1.807, 2.05) is 0 Å². The molecule has 0 bridgehead atoms. The van der Waals surface area contributed by atoms with E-state index in [2.05, 4.69) is 27.9 Å². The summed E-state index contributed by atoms with van der Waals surface area (Å²) in [6.07, 6.45) is 4.18. The van der Waals surface area contributed by atoms with Gasteiger partial charge in [0.25, 0.3) is 0 Å². The van der Waals surface area contributed by atoms with Crippen LogP contribution in [0.2, 0.25) is 0 Å². The topological polar surface area (TPSA) is 3.24 Å². The number of likely N-dealkylation sites (tertiary alicyclic amines) is 1. The molecule has 0 amide bonds. The first-order chi connectivity index (χ1) is 4.83. The zero-order chi connectivity index (χ0) is 7.40. The largest absolute Gasteiger partial charge is 0.306 e. The van der Waals surface area contributed by atoms with Crippen molar-refractivity contribution in [2.45, 2.75) is 19.3 Å². The van der Waals surface area contributed by atoms with Gasteiger partial charge in [-0.05, 0) is 45.3 Å². The van der Waals surface area contributed by atoms with Crippen LogP contribution in [-0.4, -0.2) is 30.4 Å². The van der Waals surface area contributed by atoms with Crippen LogP contribution in [0.25, 0.3) is 0 Å². The minimum absolute atomic E-state index is 0.996. The molecular formula is C8H16BrN. The van der Waals surface area contributed by atoms with E-state index in [-0.39, 0.29) is 0 Å². The van der Waals surface area contributed by atoms with Gasteiger partial charge in [-0.15, -0.1) is 0 Å². The van der Waals surface area contributed by atoms with Crippen LogP contribution >= 0.6 is 15.9 Å². The van der Waals surface area contributed by atoms with Gasteiger partial charge in [0.05, 0.1) is 0 Å². The number of alkyl halides is 1. The molecule has 1 nitrogen and oxygen atoms in total. The molecule has 0 aliphatic carbocycles. The normalized spacial score (nSPS) is 23.4. The van der Waals surface area contributed by atoms with Crippen molar-refractivity contribution in [2.24, 2.45) is 5.92 Å². The molecule has 0 saturated carbocycles. The molecule has 1 saturated heterocycles. The molecule has 1 rings (SSSR count). The minimum Gasteiger partial charge on any atom is -0.306 e. The molecule has 1 heterocycles. The molecule has 0 aromatic heterocycles. The van der Waals surface area contributed by atoms with Gasteiger partial charge in [-0.2, -0.15) is 0 Å². The van der Waals surface area contributed by atoms with E-state index in [1.165, 1.54) is 37.7 Å². The number of nitrogens with zero attached hydrogens (tertiary/aromatic N) is 1. The zero-order valence-electron chi connectivity index (χ0n) is 6.65.